The van der Waals surface area contributed by atoms with Crippen LogP contribution in [0.15, 0.2) is 67.5 Å². The van der Waals surface area contributed by atoms with Crippen LogP contribution in [0, 0.1) is 0 Å². The average Bonchev–Trinajstić information content (AvgIpc) is 3.31. The highest BCUT2D eigenvalue weighted by atomic mass is 16.5. The molecule has 2 N–H and O–H groups in total. The number of aromatic nitrogens is 2. The summed E-state index contributed by atoms with van der Waals surface area (Å²) in [6.07, 6.45) is 4.47. The van der Waals surface area contributed by atoms with E-state index in [2.05, 4.69) is 32.0 Å². The number of nitrogens with one attached hydrogen (secondary N) is 2. The number of methoxy groups -OCH3 is 1. The first-order valence-electron chi connectivity index (χ1n) is 14.1. The number of anilines is 4. The van der Waals surface area contributed by atoms with Crippen molar-refractivity contribution in [3.63, 3.8) is 0 Å². The van der Waals surface area contributed by atoms with Crippen LogP contribution in [0.25, 0.3) is 22.0 Å². The van der Waals surface area contributed by atoms with Crippen molar-refractivity contribution in [3.05, 3.63) is 73.1 Å². The molecule has 0 spiro atoms. The van der Waals surface area contributed by atoms with Gasteiger partial charge in [0.05, 0.1) is 35.8 Å². The lowest BCUT2D eigenvalue weighted by Gasteiger charge is -2.26. The second-order valence-electron chi connectivity index (χ2n) is 10.9. The van der Waals surface area contributed by atoms with Crippen molar-refractivity contribution in [1.82, 2.24) is 14.5 Å². The summed E-state index contributed by atoms with van der Waals surface area (Å²) in [6.45, 7) is 8.77. The van der Waals surface area contributed by atoms with E-state index in [0.29, 0.717) is 34.1 Å². The van der Waals surface area contributed by atoms with Crippen LogP contribution in [0.4, 0.5) is 22.9 Å². The van der Waals surface area contributed by atoms with E-state index in [0.717, 1.165) is 35.2 Å². The molecule has 0 bridgehead atoms. The number of rotatable bonds is 12. The third-order valence-electron chi connectivity index (χ3n) is 6.97. The number of fused-ring (bicyclic) bond motifs is 1. The monoisotopic (exact) mass is 584 g/mol. The molecule has 2 aromatic heterocycles. The Balaban J connectivity index is 1.82. The Morgan fingerprint density at radius 3 is 2.49 bits per heavy atom. The molecular formula is C33H40N6O4. The molecule has 0 saturated heterocycles. The number of likely N-dealkylation sites (N-methyl/N-ethyl adjacent to an activating group) is 2. The zero-order valence-electron chi connectivity index (χ0n) is 25.9. The van der Waals surface area contributed by atoms with E-state index in [1.54, 1.807) is 7.11 Å². The summed E-state index contributed by atoms with van der Waals surface area (Å²) < 4.78 is 13.4. The minimum absolute atomic E-state index is 0.284. The summed E-state index contributed by atoms with van der Waals surface area (Å²) in [5.41, 5.74) is 4.91. The average molecular weight is 585 g/mol. The minimum Gasteiger partial charge on any atom is -0.494 e. The van der Waals surface area contributed by atoms with Crippen molar-refractivity contribution in [2.45, 2.75) is 20.0 Å². The number of pyridine rings is 1. The molecule has 0 unspecified atom stereocenters. The molecule has 4 aromatic rings. The summed E-state index contributed by atoms with van der Waals surface area (Å²) >= 11 is 0. The predicted octanol–water partition coefficient (Wildman–Crippen LogP) is 5.68. The summed E-state index contributed by atoms with van der Waals surface area (Å²) in [7, 11) is 9.54. The molecule has 10 nitrogen and oxygen atoms in total. The van der Waals surface area contributed by atoms with Crippen LogP contribution in [-0.2, 0) is 16.6 Å². The van der Waals surface area contributed by atoms with E-state index in [1.165, 1.54) is 12.3 Å². The fourth-order valence-corrected chi connectivity index (χ4v) is 4.79. The number of carbonyl (C=O) groups is 2. The molecule has 10 heteroatoms. The van der Waals surface area contributed by atoms with Crippen LogP contribution in [0.2, 0.25) is 0 Å². The highest BCUT2D eigenvalue weighted by Gasteiger charge is 2.21. The molecule has 0 saturated carbocycles. The number of para-hydroxylation sites is 1. The second-order valence-corrected chi connectivity index (χ2v) is 10.9. The Labute approximate surface area is 252 Å². The van der Waals surface area contributed by atoms with Gasteiger partial charge in [0.2, 0.25) is 5.91 Å². The van der Waals surface area contributed by atoms with Crippen LogP contribution < -0.4 is 20.3 Å². The largest absolute Gasteiger partial charge is 0.494 e. The maximum Gasteiger partial charge on any atom is 0.340 e. The lowest BCUT2D eigenvalue weighted by atomic mass is 10.0. The summed E-state index contributed by atoms with van der Waals surface area (Å²) in [6, 6.07) is 13.5. The van der Waals surface area contributed by atoms with Gasteiger partial charge < -0.3 is 34.5 Å². The van der Waals surface area contributed by atoms with Gasteiger partial charge in [-0.1, -0.05) is 24.8 Å². The number of carbonyl (C=O) groups excluding carboxylic acids is 2. The molecule has 2 aromatic carbocycles. The van der Waals surface area contributed by atoms with E-state index in [9.17, 15) is 9.59 Å². The molecule has 2 heterocycles. The van der Waals surface area contributed by atoms with Crippen LogP contribution in [0.3, 0.4) is 0 Å². The molecule has 226 valence electrons. The lowest BCUT2D eigenvalue weighted by Crippen LogP contribution is -2.29. The second kappa shape index (κ2) is 13.4. The molecular weight excluding hydrogens is 544 g/mol. The van der Waals surface area contributed by atoms with E-state index >= 15 is 0 Å². The van der Waals surface area contributed by atoms with Crippen molar-refractivity contribution in [3.8, 4) is 16.9 Å². The number of hydrogen-bond acceptors (Lipinski definition) is 8. The Morgan fingerprint density at radius 1 is 1.07 bits per heavy atom. The standard InChI is InChI=1S/C33H40N6O4/c1-9-32(40)36-26-17-27(30(42-8)18-29(26)38(6)15-14-37(4)5)35-31-16-23(24(19-34-31)33(41)43-21(2)3)25-20-39(7)28-13-11-10-12-22(25)28/h9-13,16-21H,1,14-15H2,2-8H3,(H,34,35)(H,36,40). The zero-order chi connectivity index (χ0) is 31.3. The number of hydrogen-bond donors (Lipinski definition) is 2. The fourth-order valence-electron chi connectivity index (χ4n) is 4.79. The van der Waals surface area contributed by atoms with Crippen LogP contribution in [0.1, 0.15) is 24.2 Å². The zero-order valence-corrected chi connectivity index (χ0v) is 25.9. The van der Waals surface area contributed by atoms with E-state index in [4.69, 9.17) is 9.47 Å². The number of aryl methyl sites for hydroxylation is 1. The Morgan fingerprint density at radius 2 is 1.81 bits per heavy atom. The first-order chi connectivity index (χ1) is 20.5. The van der Waals surface area contributed by atoms with Crippen molar-refractivity contribution in [1.29, 1.82) is 0 Å². The topological polar surface area (TPSA) is 101 Å². The van der Waals surface area contributed by atoms with Crippen LogP contribution in [-0.4, -0.2) is 73.8 Å². The number of nitrogens with zero attached hydrogens (tertiary/aromatic N) is 4. The number of amides is 1. The van der Waals surface area contributed by atoms with Gasteiger partial charge in [-0.15, -0.1) is 0 Å². The molecule has 0 aliphatic rings. The molecule has 1 amide bonds. The number of ether oxygens (including phenoxy) is 2. The molecule has 0 fully saturated rings. The smallest absolute Gasteiger partial charge is 0.340 e. The van der Waals surface area contributed by atoms with Gasteiger partial charge in [-0.25, -0.2) is 9.78 Å². The molecule has 0 radical (unpaired) electrons. The van der Waals surface area contributed by atoms with Crippen molar-refractivity contribution in [2.75, 3.05) is 56.9 Å². The Kier molecular flexibility index (Phi) is 9.72. The van der Waals surface area contributed by atoms with Crippen molar-refractivity contribution in [2.24, 2.45) is 7.05 Å². The quantitative estimate of drug-likeness (QED) is 0.162. The molecule has 43 heavy (non-hydrogen) atoms. The fraction of sp³-hybridized carbons (Fsp3) is 0.303. The summed E-state index contributed by atoms with van der Waals surface area (Å²) in [4.78, 5) is 34.2. The maximum atomic E-state index is 13.2. The van der Waals surface area contributed by atoms with E-state index in [-0.39, 0.29) is 12.0 Å². The third kappa shape index (κ3) is 7.15. The summed E-state index contributed by atoms with van der Waals surface area (Å²) in [5, 5.41) is 7.26. The highest BCUT2D eigenvalue weighted by Crippen LogP contribution is 2.39. The van der Waals surface area contributed by atoms with Gasteiger partial charge in [0, 0.05) is 67.7 Å². The highest BCUT2D eigenvalue weighted by molar-refractivity contribution is 6.05. The number of esters is 1. The van der Waals surface area contributed by atoms with Crippen LogP contribution >= 0.6 is 0 Å². The maximum absolute atomic E-state index is 13.2. The van der Waals surface area contributed by atoms with Gasteiger partial charge in [-0.2, -0.15) is 0 Å². The molecule has 4 rings (SSSR count). The van der Waals surface area contributed by atoms with E-state index in [1.807, 2.05) is 95.3 Å². The van der Waals surface area contributed by atoms with Crippen molar-refractivity contribution >= 4 is 45.7 Å². The first kappa shape index (κ1) is 31.1. The van der Waals surface area contributed by atoms with Gasteiger partial charge in [0.15, 0.2) is 0 Å². The van der Waals surface area contributed by atoms with Crippen LogP contribution in [0.5, 0.6) is 5.75 Å². The van der Waals surface area contributed by atoms with Gasteiger partial charge in [-0.3, -0.25) is 4.79 Å². The molecule has 0 aliphatic carbocycles. The number of benzene rings is 2. The Bertz CT molecular complexity index is 1640. The minimum atomic E-state index is -0.450. The SMILES string of the molecule is C=CC(=O)Nc1cc(Nc2cc(-c3cn(C)c4ccccc34)c(C(=O)OC(C)C)cn2)c(OC)cc1N(C)CCN(C)C. The van der Waals surface area contributed by atoms with Gasteiger partial charge >= 0.3 is 5.97 Å². The van der Waals surface area contributed by atoms with E-state index < -0.39 is 5.97 Å². The molecule has 0 aliphatic heterocycles. The van der Waals surface area contributed by atoms with Gasteiger partial charge in [0.25, 0.3) is 0 Å². The van der Waals surface area contributed by atoms with Gasteiger partial charge in [0.1, 0.15) is 11.6 Å². The normalized spacial score (nSPS) is 11.1. The van der Waals surface area contributed by atoms with Crippen molar-refractivity contribution < 1.29 is 19.1 Å². The first-order valence-corrected chi connectivity index (χ1v) is 14.1. The Hall–Kier alpha value is -4.83. The lowest BCUT2D eigenvalue weighted by molar-refractivity contribution is -0.111. The predicted molar refractivity (Wildman–Crippen MR) is 174 cm³/mol. The summed E-state index contributed by atoms with van der Waals surface area (Å²) in [5.74, 6) is 0.258. The third-order valence-corrected chi connectivity index (χ3v) is 6.97. The van der Waals surface area contributed by atoms with Gasteiger partial charge in [-0.05, 0) is 52.2 Å². The molecule has 0 atom stereocenters.